The first-order valence-electron chi connectivity index (χ1n) is 12.3. The van der Waals surface area contributed by atoms with Crippen molar-refractivity contribution in [3.05, 3.63) is 56.5 Å². The minimum absolute atomic E-state index is 0.0150. The average molecular weight is 498 g/mol. The van der Waals surface area contributed by atoms with Crippen LogP contribution in [0.15, 0.2) is 23.0 Å². The van der Waals surface area contributed by atoms with Crippen molar-refractivity contribution in [1.82, 2.24) is 14.4 Å². The lowest BCUT2D eigenvalue weighted by molar-refractivity contribution is -0.126. The Hall–Kier alpha value is -3.33. The molecule has 36 heavy (non-hydrogen) atoms. The van der Waals surface area contributed by atoms with Crippen LogP contribution in [0.1, 0.15) is 39.2 Å². The molecule has 9 nitrogen and oxygen atoms in total. The fourth-order valence-corrected chi connectivity index (χ4v) is 5.14. The third-order valence-electron chi connectivity index (χ3n) is 7.22. The molecule has 194 valence electrons. The molecule has 1 fully saturated rings. The number of benzene rings is 1. The maximum Gasteiger partial charge on any atom is 0.343 e. The zero-order chi connectivity index (χ0) is 26.0. The first-order chi connectivity index (χ1) is 17.2. The molecule has 3 heterocycles. The van der Waals surface area contributed by atoms with Gasteiger partial charge in [-0.2, -0.15) is 0 Å². The molecule has 0 N–H and O–H groups in total. The van der Waals surface area contributed by atoms with E-state index in [4.69, 9.17) is 14.2 Å². The smallest absolute Gasteiger partial charge is 0.343 e. The number of aromatic nitrogens is 1. The number of rotatable bonds is 7. The van der Waals surface area contributed by atoms with Gasteiger partial charge in [-0.15, -0.1) is 0 Å². The van der Waals surface area contributed by atoms with E-state index in [1.54, 1.807) is 23.6 Å². The Morgan fingerprint density at radius 2 is 1.81 bits per heavy atom. The van der Waals surface area contributed by atoms with Gasteiger partial charge in [-0.3, -0.25) is 14.5 Å². The van der Waals surface area contributed by atoms with Crippen LogP contribution in [0.25, 0.3) is 0 Å². The number of esters is 1. The number of ether oxygens (including phenoxy) is 3. The molecule has 2 aliphatic rings. The number of fused-ring (bicyclic) bond motifs is 1. The van der Waals surface area contributed by atoms with Gasteiger partial charge in [-0.05, 0) is 36.6 Å². The van der Waals surface area contributed by atoms with Crippen LogP contribution in [0, 0.1) is 19.8 Å². The molecule has 1 aromatic heterocycles. The van der Waals surface area contributed by atoms with Crippen LogP contribution >= 0.6 is 0 Å². The summed E-state index contributed by atoms with van der Waals surface area (Å²) in [5, 5.41) is 0. The predicted molar refractivity (Wildman–Crippen MR) is 135 cm³/mol. The van der Waals surface area contributed by atoms with Gasteiger partial charge in [0.25, 0.3) is 5.56 Å². The number of carbonyl (C=O) groups is 2. The lowest BCUT2D eigenvalue weighted by Crippen LogP contribution is -2.29. The summed E-state index contributed by atoms with van der Waals surface area (Å²) in [6.07, 6.45) is 0.906. The van der Waals surface area contributed by atoms with Crippen molar-refractivity contribution in [1.29, 1.82) is 0 Å². The van der Waals surface area contributed by atoms with E-state index < -0.39 is 5.97 Å². The monoisotopic (exact) mass is 497 g/mol. The highest BCUT2D eigenvalue weighted by atomic mass is 16.5. The molecule has 0 bridgehead atoms. The Bertz CT molecular complexity index is 1220. The summed E-state index contributed by atoms with van der Waals surface area (Å²) in [5.41, 5.74) is 4.17. The Balaban J connectivity index is 1.57. The van der Waals surface area contributed by atoms with E-state index in [0.29, 0.717) is 50.3 Å². The van der Waals surface area contributed by atoms with Crippen molar-refractivity contribution in [3.8, 4) is 11.5 Å². The Kier molecular flexibility index (Phi) is 7.68. The van der Waals surface area contributed by atoms with Crippen molar-refractivity contribution < 1.29 is 23.8 Å². The molecule has 4 rings (SSSR count). The molecule has 1 aromatic carbocycles. The predicted octanol–water partition coefficient (Wildman–Crippen LogP) is 2.18. The van der Waals surface area contributed by atoms with Crippen LogP contribution in [0.5, 0.6) is 11.5 Å². The Morgan fingerprint density at radius 1 is 1.03 bits per heavy atom. The first kappa shape index (κ1) is 25.8. The third kappa shape index (κ3) is 5.26. The fourth-order valence-electron chi connectivity index (χ4n) is 5.14. The van der Waals surface area contributed by atoms with Crippen molar-refractivity contribution in [2.75, 3.05) is 47.5 Å². The van der Waals surface area contributed by atoms with Crippen molar-refractivity contribution in [3.63, 3.8) is 0 Å². The molecule has 9 heteroatoms. The third-order valence-corrected chi connectivity index (χ3v) is 7.22. The number of likely N-dealkylation sites (tertiary alicyclic amines) is 1. The van der Waals surface area contributed by atoms with E-state index in [1.807, 2.05) is 6.92 Å². The SMILES string of the molecule is COC(=O)c1c(OC[C@H]2CC(=O)N(C)C2)cc(=O)n2c1CCN(Cc1cc(C)c(OC)cc1C)CC2. The molecule has 0 unspecified atom stereocenters. The summed E-state index contributed by atoms with van der Waals surface area (Å²) in [7, 11) is 4.77. The second-order valence-electron chi connectivity index (χ2n) is 9.74. The number of aryl methyl sites for hydroxylation is 2. The summed E-state index contributed by atoms with van der Waals surface area (Å²) in [4.78, 5) is 41.7. The van der Waals surface area contributed by atoms with Gasteiger partial charge in [0.15, 0.2) is 0 Å². The highest BCUT2D eigenvalue weighted by Crippen LogP contribution is 2.27. The van der Waals surface area contributed by atoms with Gasteiger partial charge >= 0.3 is 5.97 Å². The van der Waals surface area contributed by atoms with Crippen LogP contribution in [-0.4, -0.2) is 73.8 Å². The number of hydrogen-bond donors (Lipinski definition) is 0. The number of hydrogen-bond acceptors (Lipinski definition) is 7. The maximum atomic E-state index is 13.1. The standard InChI is InChI=1S/C27H35N3O6/c1-17-11-22(34-4)18(2)10-20(17)15-29-7-6-21-26(27(33)35-5)23(13-25(32)30(21)9-8-29)36-16-19-12-24(31)28(3)14-19/h10-11,13,19H,6-9,12,14-16H2,1-5H3/t19-/m0/s1. The second kappa shape index (κ2) is 10.7. The number of amides is 1. The maximum absolute atomic E-state index is 13.1. The van der Waals surface area contributed by atoms with E-state index in [1.165, 1.54) is 18.7 Å². The van der Waals surface area contributed by atoms with Crippen LogP contribution in [0.4, 0.5) is 0 Å². The number of nitrogens with zero attached hydrogens (tertiary/aromatic N) is 3. The Morgan fingerprint density at radius 3 is 2.47 bits per heavy atom. The molecular weight excluding hydrogens is 462 g/mol. The van der Waals surface area contributed by atoms with Gasteiger partial charge in [-0.25, -0.2) is 4.79 Å². The quantitative estimate of drug-likeness (QED) is 0.542. The Labute approximate surface area is 211 Å². The molecule has 2 aromatic rings. The highest BCUT2D eigenvalue weighted by Gasteiger charge is 2.30. The summed E-state index contributed by atoms with van der Waals surface area (Å²) in [6, 6.07) is 5.58. The van der Waals surface area contributed by atoms with Crippen molar-refractivity contribution in [2.45, 2.75) is 39.8 Å². The average Bonchev–Trinajstić information content (AvgIpc) is 3.03. The summed E-state index contributed by atoms with van der Waals surface area (Å²) >= 11 is 0. The zero-order valence-electron chi connectivity index (χ0n) is 21.8. The van der Waals surface area contributed by atoms with E-state index in [9.17, 15) is 14.4 Å². The first-order valence-corrected chi connectivity index (χ1v) is 12.3. The minimum Gasteiger partial charge on any atom is -0.496 e. The van der Waals surface area contributed by atoms with Gasteiger partial charge < -0.3 is 23.7 Å². The molecule has 1 saturated heterocycles. The molecule has 0 spiro atoms. The van der Waals surface area contributed by atoms with Crippen LogP contribution < -0.4 is 15.0 Å². The lowest BCUT2D eigenvalue weighted by atomic mass is 10.0. The van der Waals surface area contributed by atoms with E-state index in [2.05, 4.69) is 24.0 Å². The van der Waals surface area contributed by atoms with E-state index >= 15 is 0 Å². The summed E-state index contributed by atoms with van der Waals surface area (Å²) in [5.74, 6) is 0.663. The molecule has 0 aliphatic carbocycles. The van der Waals surface area contributed by atoms with Crippen LogP contribution in [0.2, 0.25) is 0 Å². The van der Waals surface area contributed by atoms with Gasteiger partial charge in [0.1, 0.15) is 17.1 Å². The number of carbonyl (C=O) groups excluding carboxylic acids is 2. The summed E-state index contributed by atoms with van der Waals surface area (Å²) < 4.78 is 18.2. The van der Waals surface area contributed by atoms with E-state index in [0.717, 1.165) is 23.4 Å². The molecule has 1 amide bonds. The van der Waals surface area contributed by atoms with Gasteiger partial charge in [0.2, 0.25) is 5.91 Å². The highest BCUT2D eigenvalue weighted by molar-refractivity contribution is 5.93. The fraction of sp³-hybridized carbons (Fsp3) is 0.519. The summed E-state index contributed by atoms with van der Waals surface area (Å²) in [6.45, 7) is 7.51. The lowest BCUT2D eigenvalue weighted by Gasteiger charge is -2.21. The largest absolute Gasteiger partial charge is 0.496 e. The molecule has 1 atom stereocenters. The molecular formula is C27H35N3O6. The van der Waals surface area contributed by atoms with Crippen molar-refractivity contribution in [2.24, 2.45) is 5.92 Å². The van der Waals surface area contributed by atoms with Crippen LogP contribution in [0.3, 0.4) is 0 Å². The van der Waals surface area contributed by atoms with Crippen LogP contribution in [-0.2, 0) is 29.0 Å². The number of pyridine rings is 1. The normalized spacial score (nSPS) is 18.1. The van der Waals surface area contributed by atoms with Gasteiger partial charge in [0, 0.05) is 70.3 Å². The van der Waals surface area contributed by atoms with E-state index in [-0.39, 0.29) is 29.7 Å². The van der Waals surface area contributed by atoms with Crippen molar-refractivity contribution >= 4 is 11.9 Å². The topological polar surface area (TPSA) is 90.3 Å². The molecule has 0 saturated carbocycles. The number of methoxy groups -OCH3 is 2. The minimum atomic E-state index is -0.525. The van der Waals surface area contributed by atoms with Gasteiger partial charge in [-0.1, -0.05) is 6.07 Å². The molecule has 2 aliphatic heterocycles. The van der Waals surface area contributed by atoms with Gasteiger partial charge in [0.05, 0.1) is 20.8 Å². The zero-order valence-corrected chi connectivity index (χ0v) is 21.8. The molecule has 0 radical (unpaired) electrons. The second-order valence-corrected chi connectivity index (χ2v) is 9.74.